The Morgan fingerprint density at radius 1 is 0.848 bits per heavy atom. The maximum absolute atomic E-state index is 13.6. The summed E-state index contributed by atoms with van der Waals surface area (Å²) < 4.78 is 67.7. The Kier molecular flexibility index (Phi) is 7.73. The fourth-order valence-electron chi connectivity index (χ4n) is 3.93. The number of alkyl halides is 3. The smallest absolute Gasteiger partial charge is 0.245 e. The molecule has 2 aromatic carbocycles. The Balaban J connectivity index is 2.21. The van der Waals surface area contributed by atoms with Crippen molar-refractivity contribution in [2.24, 2.45) is 0 Å². The van der Waals surface area contributed by atoms with E-state index in [0.29, 0.717) is 24.0 Å². The van der Waals surface area contributed by atoms with Gasteiger partial charge in [0.05, 0.1) is 10.5 Å². The third-order valence-electron chi connectivity index (χ3n) is 5.83. The van der Waals surface area contributed by atoms with Gasteiger partial charge in [0.15, 0.2) is 0 Å². The highest BCUT2D eigenvalue weighted by Gasteiger charge is 2.30. The molecule has 0 aliphatic heterocycles. The molecule has 0 bridgehead atoms. The maximum Gasteiger partial charge on any atom is 0.416 e. The Hall–Kier alpha value is -2.54. The van der Waals surface area contributed by atoms with E-state index >= 15 is 0 Å². The summed E-state index contributed by atoms with van der Waals surface area (Å²) in [5.41, 5.74) is 3.13. The third kappa shape index (κ3) is 5.52. The second-order valence-corrected chi connectivity index (χ2v) is 10.2. The second kappa shape index (κ2) is 10.2. The molecular weight excluding hydrogens is 447 g/mol. The number of rotatable bonds is 9. The molecule has 3 nitrogen and oxygen atoms in total. The fourth-order valence-corrected chi connectivity index (χ4v) is 5.37. The van der Waals surface area contributed by atoms with Gasteiger partial charge in [-0.15, -0.1) is 0 Å². The first-order valence-corrected chi connectivity index (χ1v) is 12.8. The highest BCUT2D eigenvalue weighted by molar-refractivity contribution is 7.90. The van der Waals surface area contributed by atoms with Gasteiger partial charge in [-0.1, -0.05) is 56.5 Å². The number of benzene rings is 2. The summed E-state index contributed by atoms with van der Waals surface area (Å²) in [6, 6.07) is 11.7. The predicted molar refractivity (Wildman–Crippen MR) is 126 cm³/mol. The average Bonchev–Trinajstić information content (AvgIpc) is 3.15. The topological polar surface area (TPSA) is 39.1 Å². The molecule has 0 saturated carbocycles. The van der Waals surface area contributed by atoms with Crippen LogP contribution >= 0.6 is 0 Å². The van der Waals surface area contributed by atoms with Crippen molar-refractivity contribution in [1.29, 1.82) is 0 Å². The monoisotopic (exact) mass is 477 g/mol. The van der Waals surface area contributed by atoms with Crippen molar-refractivity contribution in [2.75, 3.05) is 0 Å². The van der Waals surface area contributed by atoms with E-state index < -0.39 is 21.8 Å². The molecule has 0 atom stereocenters. The number of halogens is 3. The van der Waals surface area contributed by atoms with Gasteiger partial charge < -0.3 is 0 Å². The molecular formula is C26H30F3NO2S. The first-order valence-electron chi connectivity index (χ1n) is 11.3. The van der Waals surface area contributed by atoms with Crippen molar-refractivity contribution in [3.8, 4) is 11.1 Å². The summed E-state index contributed by atoms with van der Waals surface area (Å²) in [5, 5.41) is 0. The highest BCUT2D eigenvalue weighted by Crippen LogP contribution is 2.36. The Morgan fingerprint density at radius 2 is 1.42 bits per heavy atom. The van der Waals surface area contributed by atoms with Gasteiger partial charge in [-0.3, -0.25) is 0 Å². The molecule has 33 heavy (non-hydrogen) atoms. The number of hydrogen-bond donors (Lipinski definition) is 0. The van der Waals surface area contributed by atoms with E-state index in [4.69, 9.17) is 0 Å². The maximum atomic E-state index is 13.6. The SMILES string of the molecule is CCCCc1c(-c2ccc(C(F)(F)F)cc2)cn(S(=O)(=O)c2ccc(C)cc2)c1CCCC. The van der Waals surface area contributed by atoms with Crippen molar-refractivity contribution in [1.82, 2.24) is 3.97 Å². The molecule has 0 aliphatic rings. The van der Waals surface area contributed by atoms with Gasteiger partial charge in [-0.25, -0.2) is 12.4 Å². The lowest BCUT2D eigenvalue weighted by Crippen LogP contribution is -2.15. The van der Waals surface area contributed by atoms with Crippen LogP contribution in [0.2, 0.25) is 0 Å². The molecule has 3 aromatic rings. The van der Waals surface area contributed by atoms with Crippen LogP contribution < -0.4 is 0 Å². The summed E-state index contributed by atoms with van der Waals surface area (Å²) in [4.78, 5) is 0.196. The van der Waals surface area contributed by atoms with E-state index in [1.165, 1.54) is 16.1 Å². The van der Waals surface area contributed by atoms with Gasteiger partial charge in [0.2, 0.25) is 0 Å². The lowest BCUT2D eigenvalue weighted by molar-refractivity contribution is -0.137. The van der Waals surface area contributed by atoms with E-state index in [1.54, 1.807) is 30.5 Å². The molecule has 3 rings (SSSR count). The van der Waals surface area contributed by atoms with Crippen molar-refractivity contribution in [3.63, 3.8) is 0 Å². The minimum absolute atomic E-state index is 0.196. The fraction of sp³-hybridized carbons (Fsp3) is 0.385. The third-order valence-corrected chi connectivity index (χ3v) is 7.55. The first-order chi connectivity index (χ1) is 15.6. The van der Waals surface area contributed by atoms with Crippen LogP contribution in [0.3, 0.4) is 0 Å². The number of aromatic nitrogens is 1. The van der Waals surface area contributed by atoms with E-state index in [-0.39, 0.29) is 4.90 Å². The Morgan fingerprint density at radius 3 is 1.97 bits per heavy atom. The zero-order valence-corrected chi connectivity index (χ0v) is 20.1. The first kappa shape index (κ1) is 25.1. The van der Waals surface area contributed by atoms with Crippen molar-refractivity contribution >= 4 is 10.0 Å². The van der Waals surface area contributed by atoms with Gasteiger partial charge in [0.1, 0.15) is 0 Å². The second-order valence-electron chi connectivity index (χ2n) is 8.36. The van der Waals surface area contributed by atoms with Gasteiger partial charge in [0.25, 0.3) is 10.0 Å². The summed E-state index contributed by atoms with van der Waals surface area (Å²) in [6.07, 6.45) is 1.93. The van der Waals surface area contributed by atoms with Crippen LogP contribution in [0.1, 0.15) is 61.9 Å². The average molecular weight is 478 g/mol. The van der Waals surface area contributed by atoms with Gasteiger partial charge in [-0.05, 0) is 68.0 Å². The predicted octanol–water partition coefficient (Wildman–Crippen LogP) is 7.40. The summed E-state index contributed by atoms with van der Waals surface area (Å²) in [7, 11) is -3.85. The summed E-state index contributed by atoms with van der Waals surface area (Å²) in [6.45, 7) is 6.00. The van der Waals surface area contributed by atoms with Crippen LogP contribution in [0.15, 0.2) is 59.6 Å². The van der Waals surface area contributed by atoms with Crippen LogP contribution in [0.25, 0.3) is 11.1 Å². The number of unbranched alkanes of at least 4 members (excludes halogenated alkanes) is 2. The molecule has 0 fully saturated rings. The highest BCUT2D eigenvalue weighted by atomic mass is 32.2. The number of aryl methyl sites for hydroxylation is 1. The van der Waals surface area contributed by atoms with Gasteiger partial charge >= 0.3 is 6.18 Å². The molecule has 0 unspecified atom stereocenters. The minimum atomic E-state index is -4.42. The van der Waals surface area contributed by atoms with Gasteiger partial charge in [-0.2, -0.15) is 13.2 Å². The molecule has 0 aliphatic carbocycles. The van der Waals surface area contributed by atoms with Crippen LogP contribution in [0.5, 0.6) is 0 Å². The van der Waals surface area contributed by atoms with Crippen LogP contribution in [-0.2, 0) is 29.0 Å². The lowest BCUT2D eigenvalue weighted by Gasteiger charge is -2.13. The van der Waals surface area contributed by atoms with E-state index in [1.807, 2.05) is 13.8 Å². The molecule has 0 spiro atoms. The summed E-state index contributed by atoms with van der Waals surface area (Å²) >= 11 is 0. The van der Waals surface area contributed by atoms with E-state index in [2.05, 4.69) is 6.92 Å². The zero-order valence-electron chi connectivity index (χ0n) is 19.2. The molecule has 1 heterocycles. The summed E-state index contributed by atoms with van der Waals surface area (Å²) in [5.74, 6) is 0. The molecule has 0 amide bonds. The van der Waals surface area contributed by atoms with E-state index in [9.17, 15) is 21.6 Å². The molecule has 0 N–H and O–H groups in total. The molecule has 1 aromatic heterocycles. The van der Waals surface area contributed by atoms with Crippen molar-refractivity contribution in [2.45, 2.75) is 70.4 Å². The Bertz CT molecular complexity index is 1180. The quantitative estimate of drug-likeness (QED) is 0.322. The van der Waals surface area contributed by atoms with Crippen LogP contribution in [-0.4, -0.2) is 12.4 Å². The normalized spacial score (nSPS) is 12.3. The van der Waals surface area contributed by atoms with E-state index in [0.717, 1.165) is 54.6 Å². The minimum Gasteiger partial charge on any atom is -0.245 e. The Labute approximate surface area is 194 Å². The largest absolute Gasteiger partial charge is 0.416 e. The lowest BCUT2D eigenvalue weighted by atomic mass is 9.96. The van der Waals surface area contributed by atoms with Gasteiger partial charge in [0, 0.05) is 17.5 Å². The standard InChI is InChI=1S/C26H30F3NO2S/c1-4-6-8-23-24(20-12-14-21(15-13-20)26(27,28)29)18-30(25(23)9-7-5-2)33(31,32)22-16-10-19(3)11-17-22/h10-18H,4-9H2,1-3H3. The van der Waals surface area contributed by atoms with Crippen molar-refractivity contribution in [3.05, 3.63) is 77.1 Å². The molecule has 0 saturated heterocycles. The number of nitrogens with zero attached hydrogens (tertiary/aromatic N) is 1. The van der Waals surface area contributed by atoms with Crippen molar-refractivity contribution < 1.29 is 21.6 Å². The molecule has 0 radical (unpaired) electrons. The van der Waals surface area contributed by atoms with Crippen LogP contribution in [0, 0.1) is 6.92 Å². The molecule has 178 valence electrons. The zero-order chi connectivity index (χ0) is 24.2. The number of hydrogen-bond acceptors (Lipinski definition) is 2. The molecule has 7 heteroatoms. The van der Waals surface area contributed by atoms with Crippen LogP contribution in [0.4, 0.5) is 13.2 Å².